The van der Waals surface area contributed by atoms with E-state index in [0.29, 0.717) is 23.6 Å². The zero-order chi connectivity index (χ0) is 14.1. The highest BCUT2D eigenvalue weighted by molar-refractivity contribution is 5.94. The Balaban J connectivity index is 1.69. The van der Waals surface area contributed by atoms with E-state index in [4.69, 9.17) is 9.47 Å². The van der Waals surface area contributed by atoms with Gasteiger partial charge in [-0.1, -0.05) is 0 Å². The number of rotatable bonds is 3. The second-order valence-corrected chi connectivity index (χ2v) is 4.85. The molecule has 0 unspecified atom stereocenters. The molecule has 1 aromatic heterocycles. The summed E-state index contributed by atoms with van der Waals surface area (Å²) in [7, 11) is 0. The van der Waals surface area contributed by atoms with E-state index in [2.05, 4.69) is 10.3 Å². The van der Waals surface area contributed by atoms with E-state index in [9.17, 15) is 4.79 Å². The second kappa shape index (κ2) is 4.92. The average molecular weight is 272 g/mol. The molecule has 2 N–H and O–H groups in total. The first-order valence-electron chi connectivity index (χ1n) is 6.46. The Hall–Kier alpha value is -2.43. The van der Waals surface area contributed by atoms with E-state index in [1.807, 2.05) is 19.9 Å². The Labute approximate surface area is 116 Å². The molecule has 0 fully saturated rings. The Morgan fingerprint density at radius 3 is 2.80 bits per heavy atom. The number of aromatic nitrogens is 1. The van der Waals surface area contributed by atoms with Gasteiger partial charge >= 0.3 is 0 Å². The molecular weight excluding hydrogens is 256 g/mol. The Morgan fingerprint density at radius 2 is 2.05 bits per heavy atom. The van der Waals surface area contributed by atoms with Gasteiger partial charge in [-0.05, 0) is 43.7 Å². The minimum absolute atomic E-state index is 0.124. The molecule has 2 heterocycles. The predicted octanol–water partition coefficient (Wildman–Crippen LogP) is 2.29. The fraction of sp³-hybridized carbons (Fsp3) is 0.267. The first kappa shape index (κ1) is 12.6. The SMILES string of the molecule is Cc1cc(CNC(=O)c2ccc3c(c2)OCO3)c(C)[nH]1. The second-order valence-electron chi connectivity index (χ2n) is 4.85. The number of amides is 1. The molecule has 104 valence electrons. The van der Waals surface area contributed by atoms with Crippen LogP contribution < -0.4 is 14.8 Å². The van der Waals surface area contributed by atoms with E-state index >= 15 is 0 Å². The fourth-order valence-corrected chi connectivity index (χ4v) is 2.28. The zero-order valence-electron chi connectivity index (χ0n) is 11.4. The molecule has 0 aliphatic carbocycles. The topological polar surface area (TPSA) is 63.4 Å². The summed E-state index contributed by atoms with van der Waals surface area (Å²) in [6.45, 7) is 4.71. The van der Waals surface area contributed by atoms with Gasteiger partial charge in [-0.2, -0.15) is 0 Å². The van der Waals surface area contributed by atoms with Crippen LogP contribution in [0.25, 0.3) is 0 Å². The van der Waals surface area contributed by atoms with Crippen LogP contribution in [0.4, 0.5) is 0 Å². The summed E-state index contributed by atoms with van der Waals surface area (Å²) in [6, 6.07) is 7.23. The number of fused-ring (bicyclic) bond motifs is 1. The third kappa shape index (κ3) is 2.34. The quantitative estimate of drug-likeness (QED) is 0.901. The number of carbonyl (C=O) groups excluding carboxylic acids is 1. The predicted molar refractivity (Wildman–Crippen MR) is 74.0 cm³/mol. The lowest BCUT2D eigenvalue weighted by atomic mass is 10.2. The minimum Gasteiger partial charge on any atom is -0.454 e. The van der Waals surface area contributed by atoms with Gasteiger partial charge < -0.3 is 19.8 Å². The van der Waals surface area contributed by atoms with Crippen molar-refractivity contribution in [1.29, 1.82) is 0 Å². The Kier molecular flexibility index (Phi) is 3.10. The summed E-state index contributed by atoms with van der Waals surface area (Å²) >= 11 is 0. The van der Waals surface area contributed by atoms with Crippen LogP contribution in [0.3, 0.4) is 0 Å². The summed E-state index contributed by atoms with van der Waals surface area (Å²) < 4.78 is 10.5. The van der Waals surface area contributed by atoms with Crippen LogP contribution in [0.5, 0.6) is 11.5 Å². The molecule has 20 heavy (non-hydrogen) atoms. The summed E-state index contributed by atoms with van der Waals surface area (Å²) in [5, 5.41) is 2.91. The molecule has 1 amide bonds. The number of carbonyl (C=O) groups is 1. The molecule has 5 heteroatoms. The molecule has 1 aliphatic heterocycles. The van der Waals surface area contributed by atoms with Gasteiger partial charge in [-0.15, -0.1) is 0 Å². The lowest BCUT2D eigenvalue weighted by Gasteiger charge is -2.05. The molecule has 3 rings (SSSR count). The van der Waals surface area contributed by atoms with Crippen molar-refractivity contribution >= 4 is 5.91 Å². The number of H-pyrrole nitrogens is 1. The molecule has 1 aliphatic rings. The lowest BCUT2D eigenvalue weighted by Crippen LogP contribution is -2.22. The average Bonchev–Trinajstić information content (AvgIpc) is 3.01. The van der Waals surface area contributed by atoms with E-state index in [-0.39, 0.29) is 12.7 Å². The number of hydrogen-bond acceptors (Lipinski definition) is 3. The number of ether oxygens (including phenoxy) is 2. The number of hydrogen-bond donors (Lipinski definition) is 2. The van der Waals surface area contributed by atoms with Gasteiger partial charge in [-0.25, -0.2) is 0 Å². The Bertz CT molecular complexity index is 661. The summed E-state index contributed by atoms with van der Waals surface area (Å²) in [5.74, 6) is 1.17. The summed E-state index contributed by atoms with van der Waals surface area (Å²) in [5.41, 5.74) is 3.83. The first-order chi connectivity index (χ1) is 9.63. The number of aromatic amines is 1. The van der Waals surface area contributed by atoms with Gasteiger partial charge in [0.2, 0.25) is 6.79 Å². The van der Waals surface area contributed by atoms with Gasteiger partial charge in [-0.3, -0.25) is 4.79 Å². The first-order valence-corrected chi connectivity index (χ1v) is 6.46. The van der Waals surface area contributed by atoms with Crippen molar-refractivity contribution in [3.05, 3.63) is 46.8 Å². The van der Waals surface area contributed by atoms with Crippen LogP contribution >= 0.6 is 0 Å². The van der Waals surface area contributed by atoms with Crippen LogP contribution in [0, 0.1) is 13.8 Å². The summed E-state index contributed by atoms with van der Waals surface area (Å²) in [6.07, 6.45) is 0. The van der Waals surface area contributed by atoms with E-state index in [1.165, 1.54) is 0 Å². The number of nitrogens with one attached hydrogen (secondary N) is 2. The standard InChI is InChI=1S/C15H16N2O3/c1-9-5-12(10(2)17-9)7-16-15(18)11-3-4-13-14(6-11)20-8-19-13/h3-6,17H,7-8H2,1-2H3,(H,16,18). The molecule has 0 radical (unpaired) electrons. The van der Waals surface area contributed by atoms with E-state index < -0.39 is 0 Å². The van der Waals surface area contributed by atoms with Crippen LogP contribution in [0.2, 0.25) is 0 Å². The largest absolute Gasteiger partial charge is 0.454 e. The highest BCUT2D eigenvalue weighted by Gasteiger charge is 2.16. The van der Waals surface area contributed by atoms with Crippen molar-refractivity contribution in [1.82, 2.24) is 10.3 Å². The van der Waals surface area contributed by atoms with E-state index in [0.717, 1.165) is 17.0 Å². The zero-order valence-corrected chi connectivity index (χ0v) is 11.4. The highest BCUT2D eigenvalue weighted by atomic mass is 16.7. The number of benzene rings is 1. The van der Waals surface area contributed by atoms with Gasteiger partial charge in [0.25, 0.3) is 5.91 Å². The maximum absolute atomic E-state index is 12.1. The molecular formula is C15H16N2O3. The van der Waals surface area contributed by atoms with Crippen LogP contribution in [0.15, 0.2) is 24.3 Å². The van der Waals surface area contributed by atoms with Crippen LogP contribution in [0.1, 0.15) is 27.3 Å². The van der Waals surface area contributed by atoms with E-state index in [1.54, 1.807) is 18.2 Å². The van der Waals surface area contributed by atoms with Crippen molar-refractivity contribution in [3.8, 4) is 11.5 Å². The highest BCUT2D eigenvalue weighted by Crippen LogP contribution is 2.32. The molecule has 1 aromatic carbocycles. The van der Waals surface area contributed by atoms with Crippen molar-refractivity contribution < 1.29 is 14.3 Å². The van der Waals surface area contributed by atoms with Crippen LogP contribution in [-0.2, 0) is 6.54 Å². The maximum Gasteiger partial charge on any atom is 0.251 e. The summed E-state index contributed by atoms with van der Waals surface area (Å²) in [4.78, 5) is 15.3. The number of aryl methyl sites for hydroxylation is 2. The fourth-order valence-electron chi connectivity index (χ4n) is 2.28. The molecule has 0 atom stereocenters. The van der Waals surface area contributed by atoms with Gasteiger partial charge in [0.1, 0.15) is 0 Å². The van der Waals surface area contributed by atoms with Crippen molar-refractivity contribution in [3.63, 3.8) is 0 Å². The van der Waals surface area contributed by atoms with Gasteiger partial charge in [0.05, 0.1) is 0 Å². The molecule has 2 aromatic rings. The smallest absolute Gasteiger partial charge is 0.251 e. The lowest BCUT2D eigenvalue weighted by molar-refractivity contribution is 0.0950. The van der Waals surface area contributed by atoms with Gasteiger partial charge in [0, 0.05) is 23.5 Å². The van der Waals surface area contributed by atoms with Crippen LogP contribution in [-0.4, -0.2) is 17.7 Å². The molecule has 0 spiro atoms. The molecule has 0 saturated heterocycles. The van der Waals surface area contributed by atoms with Gasteiger partial charge in [0.15, 0.2) is 11.5 Å². The third-order valence-electron chi connectivity index (χ3n) is 3.33. The van der Waals surface area contributed by atoms with Crippen molar-refractivity contribution in [2.45, 2.75) is 20.4 Å². The molecule has 5 nitrogen and oxygen atoms in total. The normalized spacial score (nSPS) is 12.5. The van der Waals surface area contributed by atoms with Crippen molar-refractivity contribution in [2.75, 3.05) is 6.79 Å². The third-order valence-corrected chi connectivity index (χ3v) is 3.33. The molecule has 0 bridgehead atoms. The van der Waals surface area contributed by atoms with Crippen molar-refractivity contribution in [2.24, 2.45) is 0 Å². The minimum atomic E-state index is -0.124. The monoisotopic (exact) mass is 272 g/mol. The molecule has 0 saturated carbocycles. The maximum atomic E-state index is 12.1. The Morgan fingerprint density at radius 1 is 1.25 bits per heavy atom.